The van der Waals surface area contributed by atoms with Crippen LogP contribution < -0.4 is 10.6 Å². The quantitative estimate of drug-likeness (QED) is 0.143. The Morgan fingerprint density at radius 3 is 1.91 bits per heavy atom. The van der Waals surface area contributed by atoms with E-state index >= 15 is 0 Å². The van der Waals surface area contributed by atoms with Crippen molar-refractivity contribution >= 4 is 57.2 Å². The number of halogens is 2. The van der Waals surface area contributed by atoms with Crippen molar-refractivity contribution in [1.29, 1.82) is 0 Å². The predicted molar refractivity (Wildman–Crippen MR) is 151 cm³/mol. The average Bonchev–Trinajstić information content (AvgIpc) is 2.72. The molecule has 3 N–H and O–H groups in total. The molecule has 1 rings (SSSR count). The van der Waals surface area contributed by atoms with Gasteiger partial charge in [0.25, 0.3) is 0 Å². The second-order valence-corrected chi connectivity index (χ2v) is 11.7. The first-order valence-electron chi connectivity index (χ1n) is 12.0. The van der Waals surface area contributed by atoms with E-state index < -0.39 is 17.7 Å². The summed E-state index contributed by atoms with van der Waals surface area (Å²) >= 11 is 4.03. The number of ether oxygens (including phenoxy) is 1. The number of carbonyl (C=O) groups excluding carboxylic acids is 2. The lowest BCUT2D eigenvalue weighted by Crippen LogP contribution is -2.42. The number of unbranched alkanes of at least 4 members (excludes halogenated alkanes) is 9. The summed E-state index contributed by atoms with van der Waals surface area (Å²) in [5.74, 6) is -0.115. The lowest BCUT2D eigenvalue weighted by Gasteiger charge is -2.24. The number of carbonyl (C=O) groups is 2. The van der Waals surface area contributed by atoms with Crippen molar-refractivity contribution in [2.75, 3.05) is 6.54 Å². The maximum absolute atomic E-state index is 13.0. The van der Waals surface area contributed by atoms with Gasteiger partial charge in [0.05, 0.1) is 7.14 Å². The van der Waals surface area contributed by atoms with E-state index in [9.17, 15) is 14.7 Å². The lowest BCUT2D eigenvalue weighted by molar-refractivity contribution is -0.123. The van der Waals surface area contributed by atoms with Crippen molar-refractivity contribution in [3.63, 3.8) is 0 Å². The number of hydrogen-bond acceptors (Lipinski definition) is 4. The van der Waals surface area contributed by atoms with Crippen molar-refractivity contribution in [1.82, 2.24) is 10.6 Å². The molecular formula is C25H40I2N2O4. The summed E-state index contributed by atoms with van der Waals surface area (Å²) in [6, 6.07) is 2.52. The van der Waals surface area contributed by atoms with E-state index in [2.05, 4.69) is 17.6 Å². The van der Waals surface area contributed by atoms with Crippen LogP contribution in [0.15, 0.2) is 12.1 Å². The van der Waals surface area contributed by atoms with Crippen LogP contribution in [-0.2, 0) is 9.53 Å². The van der Waals surface area contributed by atoms with Crippen molar-refractivity contribution < 1.29 is 19.4 Å². The summed E-state index contributed by atoms with van der Waals surface area (Å²) < 4.78 is 6.59. The molecule has 0 unspecified atom stereocenters. The molecule has 6 nitrogen and oxygen atoms in total. The van der Waals surface area contributed by atoms with Gasteiger partial charge in [-0.3, -0.25) is 4.79 Å². The molecule has 0 bridgehead atoms. The van der Waals surface area contributed by atoms with Crippen LogP contribution in [0.2, 0.25) is 0 Å². The normalized spacial score (nSPS) is 12.3. The van der Waals surface area contributed by atoms with E-state index in [-0.39, 0.29) is 11.7 Å². The van der Waals surface area contributed by atoms with Crippen LogP contribution in [0, 0.1) is 7.14 Å². The molecule has 0 spiro atoms. The molecule has 0 radical (unpaired) electrons. The molecule has 0 fully saturated rings. The summed E-state index contributed by atoms with van der Waals surface area (Å²) in [6.45, 7) is 8.13. The third-order valence-corrected chi connectivity index (χ3v) is 6.77. The van der Waals surface area contributed by atoms with Crippen molar-refractivity contribution in [2.45, 2.75) is 104 Å². The highest BCUT2D eigenvalue weighted by Crippen LogP contribution is 2.30. The third-order valence-electron chi connectivity index (χ3n) is 5.13. The average molecular weight is 686 g/mol. The minimum absolute atomic E-state index is 0.168. The number of hydrogen-bond donors (Lipinski definition) is 3. The van der Waals surface area contributed by atoms with Gasteiger partial charge < -0.3 is 20.5 Å². The Hall–Kier alpha value is -0.780. The van der Waals surface area contributed by atoms with Gasteiger partial charge in [-0.2, -0.15) is 0 Å². The van der Waals surface area contributed by atoms with Gasteiger partial charge in [-0.1, -0.05) is 64.7 Å². The molecule has 1 aromatic rings. The van der Waals surface area contributed by atoms with Gasteiger partial charge in [0.15, 0.2) is 0 Å². The second kappa shape index (κ2) is 16.0. The third kappa shape index (κ3) is 13.0. The monoisotopic (exact) mass is 686 g/mol. The fourth-order valence-corrected chi connectivity index (χ4v) is 5.22. The molecule has 0 aliphatic rings. The molecule has 0 saturated carbocycles. The SMILES string of the molecule is CCCCCCCCCCCCNC(=O)[C@H](NC(=O)OC(C)(C)C)c1cc(I)c(O)c(I)c1. The fourth-order valence-electron chi connectivity index (χ4n) is 3.40. The first kappa shape index (κ1) is 30.3. The van der Waals surface area contributed by atoms with E-state index in [1.54, 1.807) is 32.9 Å². The standard InChI is InChI=1S/C25H40I2N2O4/c1-5-6-7-8-9-10-11-12-13-14-15-28-23(31)21(29-24(32)33-25(2,3)4)18-16-19(26)22(30)20(27)17-18/h16-17,21,30H,5-15H2,1-4H3,(H,28,31)(H,29,32)/t21-/m1/s1. The molecule has 1 atom stereocenters. The van der Waals surface area contributed by atoms with Crippen LogP contribution >= 0.6 is 45.2 Å². The molecule has 0 heterocycles. The van der Waals surface area contributed by atoms with E-state index in [0.717, 1.165) is 12.8 Å². The number of amides is 2. The lowest BCUT2D eigenvalue weighted by atomic mass is 10.1. The van der Waals surface area contributed by atoms with Crippen LogP contribution in [0.4, 0.5) is 4.79 Å². The number of alkyl carbamates (subject to hydrolysis) is 1. The van der Waals surface area contributed by atoms with Crippen LogP contribution in [0.5, 0.6) is 5.75 Å². The second-order valence-electron chi connectivity index (χ2n) is 9.39. The van der Waals surface area contributed by atoms with Crippen LogP contribution in [0.3, 0.4) is 0 Å². The number of rotatable bonds is 14. The maximum atomic E-state index is 13.0. The topological polar surface area (TPSA) is 87.7 Å². The molecule has 188 valence electrons. The Morgan fingerprint density at radius 2 is 1.42 bits per heavy atom. The number of aromatic hydroxyl groups is 1. The first-order chi connectivity index (χ1) is 15.5. The summed E-state index contributed by atoms with van der Waals surface area (Å²) in [7, 11) is 0. The van der Waals surface area contributed by atoms with Crippen molar-refractivity contribution in [3.05, 3.63) is 24.8 Å². The summed E-state index contributed by atoms with van der Waals surface area (Å²) in [6.07, 6.45) is 11.7. The molecular weight excluding hydrogens is 646 g/mol. The van der Waals surface area contributed by atoms with E-state index in [0.29, 0.717) is 19.2 Å². The highest BCUT2D eigenvalue weighted by Gasteiger charge is 2.27. The molecule has 0 aliphatic carbocycles. The molecule has 0 saturated heterocycles. The largest absolute Gasteiger partial charge is 0.506 e. The van der Waals surface area contributed by atoms with Crippen LogP contribution in [-0.4, -0.2) is 29.3 Å². The minimum atomic E-state index is -0.898. The fraction of sp³-hybridized carbons (Fsp3) is 0.680. The zero-order valence-electron chi connectivity index (χ0n) is 20.4. The van der Waals surface area contributed by atoms with E-state index in [1.807, 2.05) is 45.2 Å². The smallest absolute Gasteiger partial charge is 0.408 e. The Kier molecular flexibility index (Phi) is 14.7. The maximum Gasteiger partial charge on any atom is 0.408 e. The zero-order chi connectivity index (χ0) is 24.9. The highest BCUT2D eigenvalue weighted by molar-refractivity contribution is 14.1. The summed E-state index contributed by atoms with van der Waals surface area (Å²) in [5.41, 5.74) is -0.0631. The first-order valence-corrected chi connectivity index (χ1v) is 14.2. The Morgan fingerprint density at radius 1 is 0.939 bits per heavy atom. The predicted octanol–water partition coefficient (Wildman–Crippen LogP) is 7.20. The minimum Gasteiger partial charge on any atom is -0.506 e. The number of phenolic OH excluding ortho intramolecular Hbond substituents is 1. The molecule has 8 heteroatoms. The van der Waals surface area contributed by atoms with Gasteiger partial charge in [0.1, 0.15) is 17.4 Å². The molecule has 2 amide bonds. The summed E-state index contributed by atoms with van der Waals surface area (Å²) in [5, 5.41) is 15.7. The highest BCUT2D eigenvalue weighted by atomic mass is 127. The molecule has 0 aromatic heterocycles. The van der Waals surface area contributed by atoms with E-state index in [1.165, 1.54) is 51.4 Å². The number of benzene rings is 1. The Bertz CT molecular complexity index is 727. The number of phenols is 1. The summed E-state index contributed by atoms with van der Waals surface area (Å²) in [4.78, 5) is 25.3. The Labute approximate surface area is 226 Å². The molecule has 0 aliphatic heterocycles. The molecule has 1 aromatic carbocycles. The van der Waals surface area contributed by atoms with Gasteiger partial charge in [0.2, 0.25) is 5.91 Å². The van der Waals surface area contributed by atoms with Gasteiger partial charge in [-0.05, 0) is 90.1 Å². The van der Waals surface area contributed by atoms with Gasteiger partial charge >= 0.3 is 6.09 Å². The van der Waals surface area contributed by atoms with Gasteiger partial charge in [-0.15, -0.1) is 0 Å². The zero-order valence-corrected chi connectivity index (χ0v) is 24.8. The van der Waals surface area contributed by atoms with Crippen LogP contribution in [0.25, 0.3) is 0 Å². The molecule has 33 heavy (non-hydrogen) atoms. The van der Waals surface area contributed by atoms with Crippen molar-refractivity contribution in [2.24, 2.45) is 0 Å². The number of nitrogens with one attached hydrogen (secondary N) is 2. The van der Waals surface area contributed by atoms with E-state index in [4.69, 9.17) is 4.74 Å². The van der Waals surface area contributed by atoms with Gasteiger partial charge in [-0.25, -0.2) is 4.79 Å². The Balaban J connectivity index is 2.57. The van der Waals surface area contributed by atoms with Crippen molar-refractivity contribution in [3.8, 4) is 5.75 Å². The van der Waals surface area contributed by atoms with Gasteiger partial charge in [0, 0.05) is 6.54 Å². The van der Waals surface area contributed by atoms with Crippen LogP contribution in [0.1, 0.15) is 104 Å².